The molecule has 0 unspecified atom stereocenters. The third kappa shape index (κ3) is 2.78. The predicted octanol–water partition coefficient (Wildman–Crippen LogP) is 3.83. The van der Waals surface area contributed by atoms with Crippen LogP contribution >= 0.6 is 11.6 Å². The van der Waals surface area contributed by atoms with E-state index in [4.69, 9.17) is 11.6 Å². The van der Waals surface area contributed by atoms with Crippen LogP contribution in [0.25, 0.3) is 6.08 Å². The Morgan fingerprint density at radius 3 is 2.59 bits per heavy atom. The summed E-state index contributed by atoms with van der Waals surface area (Å²) in [6.45, 7) is 0. The lowest BCUT2D eigenvalue weighted by atomic mass is 10.1. The highest BCUT2D eigenvalue weighted by atomic mass is 35.5. The maximum atomic E-state index is 13.2. The molecule has 0 bridgehead atoms. The van der Waals surface area contributed by atoms with E-state index in [-0.39, 0.29) is 12.3 Å². The van der Waals surface area contributed by atoms with Gasteiger partial charge in [-0.2, -0.15) is 0 Å². The highest BCUT2D eigenvalue weighted by Crippen LogP contribution is 2.29. The molecule has 22 heavy (non-hydrogen) atoms. The third-order valence-corrected chi connectivity index (χ3v) is 3.56. The fourth-order valence-electron chi connectivity index (χ4n) is 2.36. The Bertz CT molecular complexity index is 801. The van der Waals surface area contributed by atoms with E-state index < -0.39 is 11.7 Å². The van der Waals surface area contributed by atoms with Crippen molar-refractivity contribution < 1.29 is 14.0 Å². The topological polar surface area (TPSA) is 37.4 Å². The normalized spacial score (nSPS) is 16.6. The number of carbonyl (C=O) groups excluding carboxylic acids is 2. The van der Waals surface area contributed by atoms with Gasteiger partial charge < -0.3 is 0 Å². The largest absolute Gasteiger partial charge is 0.274 e. The zero-order chi connectivity index (χ0) is 15.7. The maximum Gasteiger partial charge on any atom is 0.261 e. The van der Waals surface area contributed by atoms with Crippen LogP contribution in [0.3, 0.4) is 0 Å². The molecule has 0 aromatic heterocycles. The van der Waals surface area contributed by atoms with Crippen molar-refractivity contribution in [3.05, 3.63) is 70.5 Å². The molecule has 2 aromatic rings. The number of carbonyl (C=O) groups is 2. The summed E-state index contributed by atoms with van der Waals surface area (Å²) >= 11 is 5.90. The molecule has 1 aliphatic rings. The Balaban J connectivity index is 1.95. The van der Waals surface area contributed by atoms with E-state index in [2.05, 4.69) is 0 Å². The quantitative estimate of drug-likeness (QED) is 0.624. The van der Waals surface area contributed by atoms with Gasteiger partial charge in [-0.25, -0.2) is 9.29 Å². The average Bonchev–Trinajstić information content (AvgIpc) is 2.73. The molecule has 1 heterocycles. The fourth-order valence-corrected chi connectivity index (χ4v) is 2.55. The molecule has 1 fully saturated rings. The highest BCUT2D eigenvalue weighted by Gasteiger charge is 2.34. The third-order valence-electron chi connectivity index (χ3n) is 3.32. The summed E-state index contributed by atoms with van der Waals surface area (Å²) in [6.07, 6.45) is 1.52. The fraction of sp³-hybridized carbons (Fsp3) is 0.0588. The lowest BCUT2D eigenvalue weighted by Crippen LogP contribution is -2.28. The number of imide groups is 1. The van der Waals surface area contributed by atoms with Crippen molar-refractivity contribution in [2.75, 3.05) is 4.90 Å². The van der Waals surface area contributed by atoms with Crippen molar-refractivity contribution in [1.82, 2.24) is 0 Å². The molecule has 0 atom stereocenters. The van der Waals surface area contributed by atoms with Crippen LogP contribution in [-0.2, 0) is 9.59 Å². The Morgan fingerprint density at radius 2 is 1.86 bits per heavy atom. The molecule has 3 rings (SSSR count). The molecule has 5 heteroatoms. The van der Waals surface area contributed by atoms with Gasteiger partial charge in [0.25, 0.3) is 5.91 Å². The molecule has 2 amide bonds. The first-order chi connectivity index (χ1) is 10.5. The van der Waals surface area contributed by atoms with Crippen molar-refractivity contribution in [2.24, 2.45) is 0 Å². The van der Waals surface area contributed by atoms with Gasteiger partial charge in [0, 0.05) is 10.6 Å². The molecule has 0 aliphatic carbocycles. The summed E-state index contributed by atoms with van der Waals surface area (Å²) in [5.41, 5.74) is 1.31. The first kappa shape index (κ1) is 14.5. The minimum Gasteiger partial charge on any atom is -0.274 e. The minimum absolute atomic E-state index is 0.0120. The van der Waals surface area contributed by atoms with Crippen molar-refractivity contribution in [3.63, 3.8) is 0 Å². The Kier molecular flexibility index (Phi) is 3.77. The first-order valence-electron chi connectivity index (χ1n) is 6.63. The van der Waals surface area contributed by atoms with Gasteiger partial charge in [-0.3, -0.25) is 9.59 Å². The van der Waals surface area contributed by atoms with Crippen molar-refractivity contribution in [1.29, 1.82) is 0 Å². The lowest BCUT2D eigenvalue weighted by molar-refractivity contribution is -0.120. The van der Waals surface area contributed by atoms with Gasteiger partial charge in [0.2, 0.25) is 5.91 Å². The minimum atomic E-state index is -0.406. The van der Waals surface area contributed by atoms with Crippen LogP contribution in [0.15, 0.2) is 54.1 Å². The van der Waals surface area contributed by atoms with Crippen molar-refractivity contribution in [3.8, 4) is 0 Å². The Hall–Kier alpha value is -2.46. The molecule has 110 valence electrons. The molecule has 1 aliphatic heterocycles. The summed E-state index contributed by atoms with van der Waals surface area (Å²) in [7, 11) is 0. The number of benzene rings is 2. The van der Waals surface area contributed by atoms with Crippen molar-refractivity contribution >= 4 is 35.2 Å². The monoisotopic (exact) mass is 315 g/mol. The maximum absolute atomic E-state index is 13.2. The standard InChI is InChI=1S/C17H11ClFNO2/c18-13-4-2-6-15(10-13)20-16(21)9-12(17(20)22)7-11-3-1-5-14(19)8-11/h1-8,10H,9H2/b12-7+. The average molecular weight is 316 g/mol. The number of amides is 2. The van der Waals surface area contributed by atoms with Gasteiger partial charge in [-0.05, 0) is 42.0 Å². The molecular weight excluding hydrogens is 305 g/mol. The van der Waals surface area contributed by atoms with Crippen LogP contribution in [0.1, 0.15) is 12.0 Å². The van der Waals surface area contributed by atoms with E-state index in [1.54, 1.807) is 36.4 Å². The van der Waals surface area contributed by atoms with Crippen LogP contribution in [0.5, 0.6) is 0 Å². The van der Waals surface area contributed by atoms with Gasteiger partial charge >= 0.3 is 0 Å². The van der Waals surface area contributed by atoms with Gasteiger partial charge in [0.15, 0.2) is 0 Å². The van der Waals surface area contributed by atoms with E-state index in [0.717, 1.165) is 4.90 Å². The molecular formula is C17H11ClFNO2. The van der Waals surface area contributed by atoms with Crippen LogP contribution in [0.2, 0.25) is 5.02 Å². The van der Waals surface area contributed by atoms with Gasteiger partial charge in [-0.1, -0.05) is 29.8 Å². The van der Waals surface area contributed by atoms with Crippen LogP contribution < -0.4 is 4.90 Å². The number of hydrogen-bond acceptors (Lipinski definition) is 2. The summed E-state index contributed by atoms with van der Waals surface area (Å²) in [5, 5.41) is 0.445. The van der Waals surface area contributed by atoms with E-state index in [0.29, 0.717) is 21.8 Å². The number of hydrogen-bond donors (Lipinski definition) is 0. The summed E-state index contributed by atoms with van der Waals surface area (Å²) in [6, 6.07) is 12.4. The van der Waals surface area contributed by atoms with Crippen molar-refractivity contribution in [2.45, 2.75) is 6.42 Å². The molecule has 1 saturated heterocycles. The van der Waals surface area contributed by atoms with Gasteiger partial charge in [0.05, 0.1) is 12.1 Å². The van der Waals surface area contributed by atoms with E-state index in [9.17, 15) is 14.0 Å². The Morgan fingerprint density at radius 1 is 1.09 bits per heavy atom. The molecule has 0 N–H and O–H groups in total. The summed E-state index contributed by atoms with van der Waals surface area (Å²) in [5.74, 6) is -1.12. The molecule has 0 saturated carbocycles. The predicted molar refractivity (Wildman–Crippen MR) is 82.9 cm³/mol. The van der Waals surface area contributed by atoms with E-state index in [1.165, 1.54) is 18.2 Å². The second-order valence-corrected chi connectivity index (χ2v) is 5.35. The molecule has 0 spiro atoms. The number of nitrogens with zero attached hydrogens (tertiary/aromatic N) is 1. The number of halogens is 2. The second kappa shape index (κ2) is 5.73. The smallest absolute Gasteiger partial charge is 0.261 e. The number of rotatable bonds is 2. The van der Waals surface area contributed by atoms with E-state index >= 15 is 0 Å². The number of anilines is 1. The summed E-state index contributed by atoms with van der Waals surface area (Å²) in [4.78, 5) is 25.6. The SMILES string of the molecule is O=C1C/C(=C\c2cccc(F)c2)C(=O)N1c1cccc(Cl)c1. The van der Waals surface area contributed by atoms with Crippen LogP contribution in [0.4, 0.5) is 10.1 Å². The van der Waals surface area contributed by atoms with Gasteiger partial charge in [0.1, 0.15) is 5.82 Å². The lowest BCUT2D eigenvalue weighted by Gasteiger charge is -2.13. The van der Waals surface area contributed by atoms with Crippen LogP contribution in [-0.4, -0.2) is 11.8 Å². The second-order valence-electron chi connectivity index (χ2n) is 4.92. The first-order valence-corrected chi connectivity index (χ1v) is 7.01. The molecule has 0 radical (unpaired) electrons. The zero-order valence-corrected chi connectivity index (χ0v) is 12.2. The summed E-state index contributed by atoms with van der Waals surface area (Å²) < 4.78 is 13.2. The van der Waals surface area contributed by atoms with Crippen LogP contribution in [0, 0.1) is 5.82 Å². The van der Waals surface area contributed by atoms with E-state index in [1.807, 2.05) is 0 Å². The molecule has 3 nitrogen and oxygen atoms in total. The van der Waals surface area contributed by atoms with Gasteiger partial charge in [-0.15, -0.1) is 0 Å². The Labute approximate surface area is 131 Å². The molecule has 2 aromatic carbocycles. The zero-order valence-electron chi connectivity index (χ0n) is 11.4. The highest BCUT2D eigenvalue weighted by molar-refractivity contribution is 6.32.